The highest BCUT2D eigenvalue weighted by Gasteiger charge is 2.50. The van der Waals surface area contributed by atoms with Crippen LogP contribution in [0.5, 0.6) is 0 Å². The van der Waals surface area contributed by atoms with Crippen molar-refractivity contribution in [3.63, 3.8) is 0 Å². The van der Waals surface area contributed by atoms with E-state index in [-0.39, 0.29) is 0 Å². The molecule has 3 rings (SSSR count). The summed E-state index contributed by atoms with van der Waals surface area (Å²) in [6, 6.07) is 0. The molecule has 90 valence electrons. The first-order valence-electron chi connectivity index (χ1n) is 6.13. The fourth-order valence-corrected chi connectivity index (χ4v) is 4.82. The van der Waals surface area contributed by atoms with Crippen LogP contribution in [0.3, 0.4) is 0 Å². The Bertz CT molecular complexity index is 477. The summed E-state index contributed by atoms with van der Waals surface area (Å²) >= 11 is 4.91. The van der Waals surface area contributed by atoms with Crippen LogP contribution in [0.4, 0.5) is 0 Å². The lowest BCUT2D eigenvalue weighted by molar-refractivity contribution is 0.321. The molecule has 3 unspecified atom stereocenters. The second-order valence-corrected chi connectivity index (χ2v) is 8.26. The molecule has 1 saturated carbocycles. The van der Waals surface area contributed by atoms with Crippen molar-refractivity contribution in [1.82, 2.24) is 0 Å². The number of halogens is 2. The molecule has 0 N–H and O–H groups in total. The zero-order valence-electron chi connectivity index (χ0n) is 10.1. The zero-order chi connectivity index (χ0) is 12.2. The van der Waals surface area contributed by atoms with Gasteiger partial charge in [-0.1, -0.05) is 43.7 Å². The van der Waals surface area contributed by atoms with Crippen LogP contribution < -0.4 is 0 Å². The van der Waals surface area contributed by atoms with Crippen LogP contribution in [0, 0.1) is 23.2 Å². The first kappa shape index (κ1) is 12.5. The van der Waals surface area contributed by atoms with Gasteiger partial charge < -0.3 is 0 Å². The van der Waals surface area contributed by atoms with Crippen molar-refractivity contribution < 1.29 is 0 Å². The number of allylic oxidation sites excluding steroid dienone is 8. The Hall–Kier alpha value is 0.420. The summed E-state index contributed by atoms with van der Waals surface area (Å²) in [4.78, 5) is 0. The van der Waals surface area contributed by atoms with Gasteiger partial charge in [0, 0.05) is 7.16 Å². The van der Waals surface area contributed by atoms with Gasteiger partial charge in [0.1, 0.15) is 0 Å². The molecular formula is C15H16I2. The molecule has 0 radical (unpaired) electrons. The van der Waals surface area contributed by atoms with Crippen LogP contribution in [0.25, 0.3) is 0 Å². The minimum Gasteiger partial charge on any atom is -0.0791 e. The summed E-state index contributed by atoms with van der Waals surface area (Å²) in [5.41, 5.74) is 1.99. The standard InChI is InChI=1S/C15H16I2/c1-15(2)13-7-9(16)3-5-11(13)12-6-4-10(17)8-14(12)15/h3-5,7-8,11-13H,6H2,1-2H3. The van der Waals surface area contributed by atoms with E-state index in [0.717, 1.165) is 11.8 Å². The zero-order valence-corrected chi connectivity index (χ0v) is 14.4. The fourth-order valence-electron chi connectivity index (χ4n) is 3.64. The minimum atomic E-state index is 0.321. The van der Waals surface area contributed by atoms with Crippen LogP contribution in [-0.4, -0.2) is 0 Å². The highest BCUT2D eigenvalue weighted by atomic mass is 127. The third kappa shape index (κ3) is 1.90. The van der Waals surface area contributed by atoms with E-state index in [1.807, 2.05) is 0 Å². The lowest BCUT2D eigenvalue weighted by Crippen LogP contribution is -2.22. The molecule has 0 amide bonds. The Balaban J connectivity index is 2.09. The summed E-state index contributed by atoms with van der Waals surface area (Å²) in [5, 5.41) is 0. The molecule has 0 bridgehead atoms. The quantitative estimate of drug-likeness (QED) is 0.433. The number of hydrogen-bond donors (Lipinski definition) is 0. The number of hydrogen-bond acceptors (Lipinski definition) is 0. The van der Waals surface area contributed by atoms with Crippen molar-refractivity contribution in [1.29, 1.82) is 0 Å². The topological polar surface area (TPSA) is 0 Å². The van der Waals surface area contributed by atoms with Gasteiger partial charge in [0.05, 0.1) is 0 Å². The molecule has 3 aliphatic carbocycles. The van der Waals surface area contributed by atoms with Crippen molar-refractivity contribution in [2.24, 2.45) is 23.2 Å². The molecule has 0 heterocycles. The Morgan fingerprint density at radius 1 is 1.24 bits per heavy atom. The molecule has 0 aromatic rings. The van der Waals surface area contributed by atoms with Gasteiger partial charge in [0.25, 0.3) is 0 Å². The van der Waals surface area contributed by atoms with Crippen molar-refractivity contribution in [3.8, 4) is 0 Å². The molecule has 0 spiro atoms. The Labute approximate surface area is 131 Å². The van der Waals surface area contributed by atoms with E-state index in [1.54, 1.807) is 5.57 Å². The van der Waals surface area contributed by atoms with Crippen LogP contribution in [0.2, 0.25) is 0 Å². The first-order valence-corrected chi connectivity index (χ1v) is 8.29. The second-order valence-electron chi connectivity index (χ2n) is 5.77. The van der Waals surface area contributed by atoms with E-state index < -0.39 is 0 Å². The second kappa shape index (κ2) is 4.22. The van der Waals surface area contributed by atoms with Gasteiger partial charge in [0.15, 0.2) is 0 Å². The van der Waals surface area contributed by atoms with Gasteiger partial charge in [-0.2, -0.15) is 0 Å². The molecule has 2 heteroatoms. The van der Waals surface area contributed by atoms with Crippen LogP contribution in [0.15, 0.2) is 43.1 Å². The molecule has 0 saturated heterocycles. The number of fused-ring (bicyclic) bond motifs is 3. The molecule has 3 atom stereocenters. The molecule has 0 nitrogen and oxygen atoms in total. The summed E-state index contributed by atoms with van der Waals surface area (Å²) in [6.45, 7) is 4.84. The van der Waals surface area contributed by atoms with Crippen LogP contribution in [0.1, 0.15) is 20.3 Å². The van der Waals surface area contributed by atoms with Gasteiger partial charge in [-0.15, -0.1) is 0 Å². The SMILES string of the molecule is CC1(C)C2=CC(I)=CCC2C2C=CC(I)=CC21. The molecular weight excluding hydrogens is 434 g/mol. The third-order valence-corrected chi connectivity index (χ3v) is 6.00. The Kier molecular flexibility index (Phi) is 3.09. The minimum absolute atomic E-state index is 0.321. The summed E-state index contributed by atoms with van der Waals surface area (Å²) < 4.78 is 2.82. The van der Waals surface area contributed by atoms with E-state index >= 15 is 0 Å². The lowest BCUT2D eigenvalue weighted by atomic mass is 9.75. The highest BCUT2D eigenvalue weighted by molar-refractivity contribution is 14.1. The summed E-state index contributed by atoms with van der Waals surface area (Å²) in [7, 11) is 0. The average Bonchev–Trinajstić information content (AvgIpc) is 2.49. The molecule has 0 aromatic carbocycles. The van der Waals surface area contributed by atoms with Gasteiger partial charge in [-0.3, -0.25) is 0 Å². The van der Waals surface area contributed by atoms with Crippen molar-refractivity contribution in [3.05, 3.63) is 43.1 Å². The smallest absolute Gasteiger partial charge is 0.00902 e. The molecule has 3 aliphatic rings. The van der Waals surface area contributed by atoms with Crippen molar-refractivity contribution in [2.75, 3.05) is 0 Å². The van der Waals surface area contributed by atoms with Gasteiger partial charge in [0.2, 0.25) is 0 Å². The predicted octanol–water partition coefficient (Wildman–Crippen LogP) is 5.41. The average molecular weight is 450 g/mol. The van der Waals surface area contributed by atoms with Crippen molar-refractivity contribution >= 4 is 45.2 Å². The van der Waals surface area contributed by atoms with Crippen LogP contribution in [-0.2, 0) is 0 Å². The molecule has 17 heavy (non-hydrogen) atoms. The maximum Gasteiger partial charge on any atom is 0.00902 e. The monoisotopic (exact) mass is 450 g/mol. The fraction of sp³-hybridized carbons (Fsp3) is 0.467. The first-order chi connectivity index (χ1) is 8.00. The lowest BCUT2D eigenvalue weighted by Gasteiger charge is -2.30. The molecule has 0 aliphatic heterocycles. The van der Waals surface area contributed by atoms with E-state index in [2.05, 4.69) is 89.4 Å². The maximum absolute atomic E-state index is 2.48. The van der Waals surface area contributed by atoms with Gasteiger partial charge in [-0.05, 0) is 80.8 Å². The largest absolute Gasteiger partial charge is 0.0791 e. The Morgan fingerprint density at radius 3 is 2.76 bits per heavy atom. The molecule has 0 aromatic heterocycles. The maximum atomic E-state index is 2.48. The predicted molar refractivity (Wildman–Crippen MR) is 90.3 cm³/mol. The van der Waals surface area contributed by atoms with E-state index in [4.69, 9.17) is 0 Å². The van der Waals surface area contributed by atoms with E-state index in [9.17, 15) is 0 Å². The highest BCUT2D eigenvalue weighted by Crippen LogP contribution is 2.59. The summed E-state index contributed by atoms with van der Waals surface area (Å²) in [5.74, 6) is 2.15. The Morgan fingerprint density at radius 2 is 2.00 bits per heavy atom. The normalized spacial score (nSPS) is 37.9. The number of rotatable bonds is 0. The molecule has 1 fully saturated rings. The third-order valence-electron chi connectivity index (χ3n) is 4.53. The van der Waals surface area contributed by atoms with E-state index in [0.29, 0.717) is 11.3 Å². The van der Waals surface area contributed by atoms with E-state index in [1.165, 1.54) is 13.6 Å². The van der Waals surface area contributed by atoms with Gasteiger partial charge >= 0.3 is 0 Å². The van der Waals surface area contributed by atoms with Crippen molar-refractivity contribution in [2.45, 2.75) is 20.3 Å². The van der Waals surface area contributed by atoms with Gasteiger partial charge in [-0.25, -0.2) is 0 Å². The van der Waals surface area contributed by atoms with Crippen LogP contribution >= 0.6 is 45.2 Å². The summed E-state index contributed by atoms with van der Waals surface area (Å²) in [6.07, 6.45) is 13.3.